The normalized spacial score (nSPS) is 17.8. The highest BCUT2D eigenvalue weighted by Crippen LogP contribution is 2.30. The Balaban J connectivity index is 1.70. The maximum absolute atomic E-state index is 14.7. The van der Waals surface area contributed by atoms with Gasteiger partial charge in [-0.25, -0.2) is 4.79 Å². The lowest BCUT2D eigenvalue weighted by Crippen LogP contribution is -2.60. The monoisotopic (exact) mass is 1020 g/mol. The van der Waals surface area contributed by atoms with E-state index < -0.39 is 72.5 Å². The summed E-state index contributed by atoms with van der Waals surface area (Å²) in [5, 5.41) is 22.3. The zero-order chi connectivity index (χ0) is 54.9. The number of aliphatic hydroxyl groups excluding tert-OH is 1. The fourth-order valence-electron chi connectivity index (χ4n) is 9.61. The smallest absolute Gasteiger partial charge is 0.410 e. The van der Waals surface area contributed by atoms with Gasteiger partial charge in [0.05, 0.1) is 48.8 Å². The molecule has 1 aliphatic rings. The number of methoxy groups -OCH3 is 2. The highest BCUT2D eigenvalue weighted by Gasteiger charge is 2.44. The summed E-state index contributed by atoms with van der Waals surface area (Å²) in [5.41, 5.74) is 1.81. The average Bonchev–Trinajstić information content (AvgIpc) is 3.84. The van der Waals surface area contributed by atoms with Crippen LogP contribution in [0.2, 0.25) is 0 Å². The number of amides is 7. The van der Waals surface area contributed by atoms with Crippen LogP contribution in [0.25, 0.3) is 0 Å². The number of nitrogens with zero attached hydrogens (tertiary/aromatic N) is 3. The first-order valence-electron chi connectivity index (χ1n) is 25.9. The number of hydrogen-bond donors (Lipinski definition) is 5. The number of anilines is 1. The molecule has 1 fully saturated rings. The summed E-state index contributed by atoms with van der Waals surface area (Å²) >= 11 is 0. The molecule has 0 bridgehead atoms. The van der Waals surface area contributed by atoms with Gasteiger partial charge in [-0.05, 0) is 73.6 Å². The molecule has 11 atom stereocenters. The fourth-order valence-corrected chi connectivity index (χ4v) is 9.61. The molecule has 2 aromatic rings. The lowest BCUT2D eigenvalue weighted by molar-refractivity contribution is -0.148. The SMILES string of the molecule is CC[C@H](C)[C@@H]([C@@H](CC(=O)N1CCC[C@H]1[C@H](OC)[C@@H](C)C(=O)N[C@H](C)[C@@H](O)c1ccccc1)OC)N(C)C(=O)[C@@H](NC(=O)C(C(C)C)N(C)C(=O)OCc1ccc(NC(=O)[C@H](C)NC(=O)CC(C)C)cc1)C(C)C. The van der Waals surface area contributed by atoms with E-state index in [2.05, 4.69) is 21.3 Å². The highest BCUT2D eigenvalue weighted by molar-refractivity contribution is 5.97. The van der Waals surface area contributed by atoms with Crippen molar-refractivity contribution in [2.75, 3.05) is 40.2 Å². The number of likely N-dealkylation sites (N-methyl/N-ethyl adjacent to an activating group) is 2. The zero-order valence-electron chi connectivity index (χ0n) is 46.1. The van der Waals surface area contributed by atoms with E-state index in [9.17, 15) is 38.7 Å². The van der Waals surface area contributed by atoms with Crippen LogP contribution in [0.4, 0.5) is 10.5 Å². The Morgan fingerprint density at radius 1 is 0.753 bits per heavy atom. The van der Waals surface area contributed by atoms with Crippen molar-refractivity contribution in [2.45, 2.75) is 169 Å². The molecule has 2 aromatic carbocycles. The second-order valence-electron chi connectivity index (χ2n) is 20.9. The minimum absolute atomic E-state index is 0.0580. The van der Waals surface area contributed by atoms with Gasteiger partial charge < -0.3 is 50.4 Å². The molecule has 3 rings (SSSR count). The first-order valence-corrected chi connectivity index (χ1v) is 25.9. The Labute approximate surface area is 434 Å². The van der Waals surface area contributed by atoms with Crippen LogP contribution in [-0.2, 0) is 49.6 Å². The molecule has 1 aliphatic heterocycles. The number of aliphatic hydroxyl groups is 1. The molecule has 0 aliphatic carbocycles. The summed E-state index contributed by atoms with van der Waals surface area (Å²) < 4.78 is 17.6. The predicted molar refractivity (Wildman–Crippen MR) is 281 cm³/mol. The highest BCUT2D eigenvalue weighted by atomic mass is 16.6. The molecule has 1 heterocycles. The largest absolute Gasteiger partial charge is 0.445 e. The quantitative estimate of drug-likeness (QED) is 0.0691. The maximum Gasteiger partial charge on any atom is 0.410 e. The van der Waals surface area contributed by atoms with Crippen LogP contribution < -0.4 is 21.3 Å². The lowest BCUT2D eigenvalue weighted by atomic mass is 9.89. The third kappa shape index (κ3) is 17.5. The Kier molecular flexibility index (Phi) is 24.8. The number of hydrogen-bond acceptors (Lipinski definition) is 11. The number of rotatable bonds is 27. The van der Waals surface area contributed by atoms with E-state index >= 15 is 0 Å². The number of carbonyl (C=O) groups excluding carboxylic acids is 7. The molecule has 73 heavy (non-hydrogen) atoms. The summed E-state index contributed by atoms with van der Waals surface area (Å²) in [6.07, 6.45) is -0.814. The summed E-state index contributed by atoms with van der Waals surface area (Å²) in [5.74, 6) is -3.40. The molecule has 0 aromatic heterocycles. The Bertz CT molecular complexity index is 2110. The van der Waals surface area contributed by atoms with Crippen LogP contribution >= 0.6 is 0 Å². The van der Waals surface area contributed by atoms with Gasteiger partial charge in [-0.1, -0.05) is 111 Å². The molecule has 0 saturated carbocycles. The molecule has 1 unspecified atom stereocenters. The summed E-state index contributed by atoms with van der Waals surface area (Å²) in [6.45, 7) is 20.5. The van der Waals surface area contributed by atoms with Crippen LogP contribution in [0, 0.1) is 29.6 Å². The number of ether oxygens (including phenoxy) is 3. The minimum atomic E-state index is -1.01. The van der Waals surface area contributed by atoms with E-state index in [0.29, 0.717) is 49.0 Å². The van der Waals surface area contributed by atoms with Crippen molar-refractivity contribution in [3.63, 3.8) is 0 Å². The van der Waals surface area contributed by atoms with Crippen molar-refractivity contribution < 1.29 is 52.9 Å². The summed E-state index contributed by atoms with van der Waals surface area (Å²) in [7, 11) is 6.17. The second kappa shape index (κ2) is 29.3. The Morgan fingerprint density at radius 2 is 1.38 bits per heavy atom. The lowest BCUT2D eigenvalue weighted by Gasteiger charge is -2.41. The zero-order valence-corrected chi connectivity index (χ0v) is 46.1. The van der Waals surface area contributed by atoms with E-state index in [-0.39, 0.29) is 66.2 Å². The molecule has 7 amide bonds. The van der Waals surface area contributed by atoms with Crippen LogP contribution in [0.3, 0.4) is 0 Å². The molecule has 0 radical (unpaired) electrons. The van der Waals surface area contributed by atoms with E-state index in [1.165, 1.54) is 26.2 Å². The van der Waals surface area contributed by atoms with Gasteiger partial charge in [-0.15, -0.1) is 0 Å². The van der Waals surface area contributed by atoms with E-state index in [0.717, 1.165) is 0 Å². The van der Waals surface area contributed by atoms with Crippen LogP contribution in [0.15, 0.2) is 54.6 Å². The standard InChI is InChI=1S/C55H87N7O11/c1-16-35(8)48(43(71-14)30-45(64)62-28-20-23-42(62)50(72-15)36(9)51(66)57-37(10)49(65)40-21-18-17-19-22-40)60(12)54(69)46(33(4)5)59-53(68)47(34(6)7)61(13)55(70)73-31-39-24-26-41(27-25-39)58-52(67)38(11)56-44(63)29-32(2)3/h17-19,21-22,24-27,32-38,42-43,46-50,65H,16,20,23,28-31H2,1-15H3,(H,56,63)(H,57,66)(H,58,67)(H,59,68)/t35-,36+,37+,38-,42-,43+,46-,47?,48-,49+,50+/m0/s1. The number of likely N-dealkylation sites (tertiary alicyclic amines) is 1. The predicted octanol–water partition coefficient (Wildman–Crippen LogP) is 6.07. The fraction of sp³-hybridized carbons (Fsp3) is 0.655. The van der Waals surface area contributed by atoms with E-state index in [1.807, 2.05) is 59.7 Å². The van der Waals surface area contributed by atoms with Crippen LogP contribution in [-0.4, -0.2) is 145 Å². The van der Waals surface area contributed by atoms with Gasteiger partial charge in [-0.2, -0.15) is 0 Å². The van der Waals surface area contributed by atoms with Gasteiger partial charge in [0.1, 0.15) is 24.7 Å². The average molecular weight is 1020 g/mol. The van der Waals surface area contributed by atoms with Crippen LogP contribution in [0.5, 0.6) is 0 Å². The number of benzene rings is 2. The molecule has 1 saturated heterocycles. The molecule has 18 nitrogen and oxygen atoms in total. The third-order valence-corrected chi connectivity index (χ3v) is 14.0. The first-order chi connectivity index (χ1) is 34.4. The summed E-state index contributed by atoms with van der Waals surface area (Å²) in [6, 6.07) is 11.5. The summed E-state index contributed by atoms with van der Waals surface area (Å²) in [4.78, 5) is 99.7. The molecule has 18 heteroatoms. The number of nitrogens with one attached hydrogen (secondary N) is 4. The maximum atomic E-state index is 14.7. The van der Waals surface area contributed by atoms with Crippen molar-refractivity contribution in [1.29, 1.82) is 0 Å². The van der Waals surface area contributed by atoms with Crippen LogP contribution in [0.1, 0.15) is 125 Å². The molecule has 0 spiro atoms. The van der Waals surface area contributed by atoms with Crippen molar-refractivity contribution in [2.24, 2.45) is 29.6 Å². The van der Waals surface area contributed by atoms with Gasteiger partial charge in [-0.3, -0.25) is 33.7 Å². The van der Waals surface area contributed by atoms with Gasteiger partial charge in [0, 0.05) is 47.0 Å². The molecule has 5 N–H and O–H groups in total. The van der Waals surface area contributed by atoms with E-state index in [4.69, 9.17) is 14.2 Å². The first kappa shape index (κ1) is 61.7. The molecular weight excluding hydrogens is 935 g/mol. The molecular formula is C55H87N7O11. The number of carbonyl (C=O) groups is 7. The molecule has 408 valence electrons. The van der Waals surface area contributed by atoms with Crippen molar-refractivity contribution in [1.82, 2.24) is 30.7 Å². The van der Waals surface area contributed by atoms with Gasteiger partial charge in [0.2, 0.25) is 35.4 Å². The second-order valence-corrected chi connectivity index (χ2v) is 20.9. The van der Waals surface area contributed by atoms with Crippen molar-refractivity contribution in [3.8, 4) is 0 Å². The van der Waals surface area contributed by atoms with Gasteiger partial charge in [0.15, 0.2) is 0 Å². The van der Waals surface area contributed by atoms with Crippen molar-refractivity contribution in [3.05, 3.63) is 65.7 Å². The van der Waals surface area contributed by atoms with Gasteiger partial charge in [0.25, 0.3) is 0 Å². The minimum Gasteiger partial charge on any atom is -0.445 e. The van der Waals surface area contributed by atoms with Gasteiger partial charge >= 0.3 is 6.09 Å². The topological polar surface area (TPSA) is 225 Å². The Morgan fingerprint density at radius 3 is 1.93 bits per heavy atom. The Hall–Kier alpha value is -5.59. The van der Waals surface area contributed by atoms with Crippen molar-refractivity contribution >= 4 is 47.2 Å². The third-order valence-electron chi connectivity index (χ3n) is 14.0. The van der Waals surface area contributed by atoms with E-state index in [1.54, 1.807) is 87.9 Å².